The van der Waals surface area contributed by atoms with Crippen molar-refractivity contribution in [1.29, 1.82) is 0 Å². The molecular formula is C27H27F3O8. The van der Waals surface area contributed by atoms with Gasteiger partial charge in [0.1, 0.15) is 30.8 Å². The second kappa shape index (κ2) is 14.4. The van der Waals surface area contributed by atoms with Crippen LogP contribution >= 0.6 is 0 Å². The molecule has 0 fully saturated rings. The van der Waals surface area contributed by atoms with Crippen LogP contribution in [0, 0.1) is 0 Å². The van der Waals surface area contributed by atoms with Crippen molar-refractivity contribution in [2.24, 2.45) is 0 Å². The first kappa shape index (κ1) is 29.8. The summed E-state index contributed by atoms with van der Waals surface area (Å²) in [6.45, 7) is 7.67. The van der Waals surface area contributed by atoms with Gasteiger partial charge in [0.15, 0.2) is 11.5 Å². The Morgan fingerprint density at radius 3 is 2.21 bits per heavy atom. The van der Waals surface area contributed by atoms with Gasteiger partial charge in [0.2, 0.25) is 0 Å². The number of hydrogen-bond acceptors (Lipinski definition) is 8. The zero-order valence-corrected chi connectivity index (χ0v) is 20.8. The predicted molar refractivity (Wildman–Crippen MR) is 132 cm³/mol. The first-order chi connectivity index (χ1) is 18.1. The van der Waals surface area contributed by atoms with Crippen molar-refractivity contribution >= 4 is 18.0 Å². The van der Waals surface area contributed by atoms with Gasteiger partial charge in [-0.15, -0.1) is 13.2 Å². The third kappa shape index (κ3) is 9.57. The summed E-state index contributed by atoms with van der Waals surface area (Å²) in [6.07, 6.45) is -1.14. The summed E-state index contributed by atoms with van der Waals surface area (Å²) in [5.41, 5.74) is 0.528. The van der Waals surface area contributed by atoms with E-state index in [-0.39, 0.29) is 24.5 Å². The van der Waals surface area contributed by atoms with Gasteiger partial charge < -0.3 is 28.4 Å². The third-order valence-corrected chi connectivity index (χ3v) is 4.71. The molecule has 38 heavy (non-hydrogen) atoms. The van der Waals surface area contributed by atoms with Crippen LogP contribution < -0.4 is 18.9 Å². The van der Waals surface area contributed by atoms with Gasteiger partial charge in [0.25, 0.3) is 0 Å². The Hall–Kier alpha value is -4.41. The number of rotatable bonds is 14. The minimum absolute atomic E-state index is 0.0229. The monoisotopic (exact) mass is 536 g/mol. The van der Waals surface area contributed by atoms with E-state index in [0.29, 0.717) is 17.1 Å². The van der Waals surface area contributed by atoms with Crippen LogP contribution in [-0.4, -0.2) is 45.7 Å². The highest BCUT2D eigenvalue weighted by molar-refractivity contribution is 5.87. The lowest BCUT2D eigenvalue weighted by Gasteiger charge is -2.20. The molecule has 8 nitrogen and oxygen atoms in total. The fraction of sp³-hybridized carbons (Fsp3) is 0.259. The highest BCUT2D eigenvalue weighted by Gasteiger charge is 2.32. The molecule has 2 aromatic rings. The maximum absolute atomic E-state index is 12.7. The van der Waals surface area contributed by atoms with E-state index in [1.54, 1.807) is 30.4 Å². The molecular weight excluding hydrogens is 509 g/mol. The Morgan fingerprint density at radius 1 is 0.947 bits per heavy atom. The molecule has 0 N–H and O–H groups in total. The minimum atomic E-state index is -4.95. The van der Waals surface area contributed by atoms with Crippen LogP contribution in [0.3, 0.4) is 0 Å². The van der Waals surface area contributed by atoms with Gasteiger partial charge in [-0.2, -0.15) is 0 Å². The van der Waals surface area contributed by atoms with Gasteiger partial charge >= 0.3 is 18.3 Å². The smallest absolute Gasteiger partial charge is 0.496 e. The quantitative estimate of drug-likeness (QED) is 0.176. The third-order valence-electron chi connectivity index (χ3n) is 4.71. The molecule has 204 valence electrons. The van der Waals surface area contributed by atoms with Crippen LogP contribution in [0.15, 0.2) is 67.8 Å². The number of hydrogen-bond donors (Lipinski definition) is 0. The van der Waals surface area contributed by atoms with E-state index >= 15 is 0 Å². The van der Waals surface area contributed by atoms with E-state index in [1.807, 2.05) is 0 Å². The number of alkyl halides is 3. The van der Waals surface area contributed by atoms with Crippen molar-refractivity contribution in [2.75, 3.05) is 27.4 Å². The summed E-state index contributed by atoms with van der Waals surface area (Å²) in [5.74, 6) is -1.31. The number of benzene rings is 2. The molecule has 0 aliphatic rings. The normalized spacial score (nSPS) is 11.8. The summed E-state index contributed by atoms with van der Waals surface area (Å²) < 4.78 is 68.5. The fourth-order valence-electron chi connectivity index (χ4n) is 3.11. The Bertz CT molecular complexity index is 1160. The maximum Gasteiger partial charge on any atom is 0.573 e. The summed E-state index contributed by atoms with van der Waals surface area (Å²) in [7, 11) is 2.39. The van der Waals surface area contributed by atoms with E-state index < -0.39 is 36.6 Å². The predicted octanol–water partition coefficient (Wildman–Crippen LogP) is 5.58. The van der Waals surface area contributed by atoms with E-state index in [0.717, 1.165) is 25.3 Å². The number of carbonyl (C=O) groups is 2. The molecule has 0 radical (unpaired) electrons. The first-order valence-corrected chi connectivity index (χ1v) is 11.1. The molecule has 2 aromatic carbocycles. The van der Waals surface area contributed by atoms with Crippen LogP contribution in [0.25, 0.3) is 6.08 Å². The summed E-state index contributed by atoms with van der Waals surface area (Å²) in [4.78, 5) is 24.6. The Balaban J connectivity index is 2.31. The fourth-order valence-corrected chi connectivity index (χ4v) is 3.11. The lowest BCUT2D eigenvalue weighted by atomic mass is 10.0. The van der Waals surface area contributed by atoms with Crippen LogP contribution in [0.2, 0.25) is 0 Å². The lowest BCUT2D eigenvalue weighted by molar-refractivity contribution is -0.274. The molecule has 2 rings (SSSR count). The Kier molecular flexibility index (Phi) is 11.3. The number of ether oxygens (including phenoxy) is 6. The molecule has 0 spiro atoms. The molecule has 0 aliphatic carbocycles. The molecule has 1 unspecified atom stereocenters. The van der Waals surface area contributed by atoms with Gasteiger partial charge in [0.05, 0.1) is 20.6 Å². The number of halogens is 3. The summed E-state index contributed by atoms with van der Waals surface area (Å²) in [5, 5.41) is 0. The second-order valence-electron chi connectivity index (χ2n) is 7.40. The van der Waals surface area contributed by atoms with Gasteiger partial charge in [0, 0.05) is 11.6 Å². The molecule has 0 amide bonds. The number of methoxy groups -OCH3 is 2. The van der Waals surface area contributed by atoms with Crippen molar-refractivity contribution in [3.05, 3.63) is 78.9 Å². The topological polar surface area (TPSA) is 89.5 Å². The Labute approximate surface area is 217 Å². The van der Waals surface area contributed by atoms with E-state index in [4.69, 9.17) is 18.9 Å². The van der Waals surface area contributed by atoms with E-state index in [2.05, 4.69) is 22.6 Å². The van der Waals surface area contributed by atoms with Crippen molar-refractivity contribution in [1.82, 2.24) is 0 Å². The second-order valence-corrected chi connectivity index (χ2v) is 7.40. The van der Waals surface area contributed by atoms with Gasteiger partial charge in [-0.1, -0.05) is 31.4 Å². The summed E-state index contributed by atoms with van der Waals surface area (Å²) >= 11 is 0. The largest absolute Gasteiger partial charge is 0.573 e. The molecule has 1 atom stereocenters. The Morgan fingerprint density at radius 2 is 1.61 bits per heavy atom. The van der Waals surface area contributed by atoms with Crippen molar-refractivity contribution < 1.29 is 51.2 Å². The molecule has 0 bridgehead atoms. The van der Waals surface area contributed by atoms with Crippen LogP contribution in [0.5, 0.6) is 23.0 Å². The van der Waals surface area contributed by atoms with Crippen LogP contribution in [0.1, 0.15) is 23.7 Å². The standard InChI is InChI=1S/C27H27F3O8/c1-5-13-35-22-10-7-18(15-24(22)36-14-6-2)8-12-25(31)37-23(17-26(32)34-4)20-16-19(38-27(28,29)30)9-11-21(20)33-3/h5-12,15-16,23H,1-2,13-14,17H2,3-4H3/b12-8+. The first-order valence-electron chi connectivity index (χ1n) is 11.1. The van der Waals surface area contributed by atoms with Gasteiger partial charge in [-0.3, -0.25) is 4.79 Å². The molecule has 0 saturated heterocycles. The molecule has 11 heteroatoms. The molecule has 0 aromatic heterocycles. The van der Waals surface area contributed by atoms with Gasteiger partial charge in [-0.05, 0) is 42.0 Å². The highest BCUT2D eigenvalue weighted by atomic mass is 19.4. The van der Waals surface area contributed by atoms with Crippen molar-refractivity contribution in [3.63, 3.8) is 0 Å². The van der Waals surface area contributed by atoms with Crippen molar-refractivity contribution in [2.45, 2.75) is 18.9 Å². The van der Waals surface area contributed by atoms with E-state index in [9.17, 15) is 22.8 Å². The number of esters is 2. The van der Waals surface area contributed by atoms with Crippen molar-refractivity contribution in [3.8, 4) is 23.0 Å². The van der Waals surface area contributed by atoms with Crippen LogP contribution in [-0.2, 0) is 19.1 Å². The molecule has 0 heterocycles. The number of carbonyl (C=O) groups excluding carboxylic acids is 2. The van der Waals surface area contributed by atoms with Crippen LogP contribution in [0.4, 0.5) is 13.2 Å². The zero-order valence-electron chi connectivity index (χ0n) is 20.8. The average molecular weight is 536 g/mol. The zero-order chi connectivity index (χ0) is 28.1. The van der Waals surface area contributed by atoms with E-state index in [1.165, 1.54) is 19.3 Å². The van der Waals surface area contributed by atoms with Gasteiger partial charge in [-0.25, -0.2) is 4.79 Å². The lowest BCUT2D eigenvalue weighted by Crippen LogP contribution is -2.18. The average Bonchev–Trinajstić information content (AvgIpc) is 2.88. The molecule has 0 aliphatic heterocycles. The minimum Gasteiger partial charge on any atom is -0.496 e. The highest BCUT2D eigenvalue weighted by Crippen LogP contribution is 2.35. The SMILES string of the molecule is C=CCOc1ccc(/C=C/C(=O)OC(CC(=O)OC)c2cc(OC(F)(F)F)ccc2OC)cc1OCC=C. The molecule has 0 saturated carbocycles. The summed E-state index contributed by atoms with van der Waals surface area (Å²) in [6, 6.07) is 8.13. The maximum atomic E-state index is 12.7.